The number of phenols is 1. The molecule has 3 nitrogen and oxygen atoms in total. The first-order valence-electron chi connectivity index (χ1n) is 4.73. The highest BCUT2D eigenvalue weighted by molar-refractivity contribution is 6.32. The molecule has 0 atom stereocenters. The van der Waals surface area contributed by atoms with Crippen LogP contribution in [0.4, 0.5) is 11.4 Å². The summed E-state index contributed by atoms with van der Waals surface area (Å²) in [7, 11) is 7.52. The van der Waals surface area contributed by atoms with Crippen molar-refractivity contribution in [2.24, 2.45) is 0 Å². The van der Waals surface area contributed by atoms with E-state index < -0.39 is 0 Å². The highest BCUT2D eigenvalue weighted by atomic mass is 35.5. The molecular formula is C11H17ClN2O. The monoisotopic (exact) mass is 228 g/mol. The average molecular weight is 229 g/mol. The minimum absolute atomic E-state index is 0.270. The molecule has 0 aliphatic heterocycles. The molecule has 1 N–H and O–H groups in total. The quantitative estimate of drug-likeness (QED) is 0.843. The van der Waals surface area contributed by atoms with Gasteiger partial charge in [-0.2, -0.15) is 0 Å². The fourth-order valence-corrected chi connectivity index (χ4v) is 1.79. The van der Waals surface area contributed by atoms with Gasteiger partial charge in [-0.1, -0.05) is 11.6 Å². The van der Waals surface area contributed by atoms with Crippen LogP contribution >= 0.6 is 11.6 Å². The van der Waals surface area contributed by atoms with Crippen molar-refractivity contribution in [2.75, 3.05) is 38.0 Å². The molecular weight excluding hydrogens is 212 g/mol. The van der Waals surface area contributed by atoms with Crippen LogP contribution < -0.4 is 9.80 Å². The Bertz CT molecular complexity index is 375. The maximum atomic E-state index is 10.1. The summed E-state index contributed by atoms with van der Waals surface area (Å²) in [6.45, 7) is 1.90. The molecule has 0 spiro atoms. The Labute approximate surface area is 95.9 Å². The van der Waals surface area contributed by atoms with E-state index in [1.165, 1.54) is 0 Å². The average Bonchev–Trinajstić information content (AvgIpc) is 2.10. The Balaban J connectivity index is 3.49. The number of phenolic OH excluding ortho intramolecular Hbond substituents is 1. The number of hydrogen-bond donors (Lipinski definition) is 1. The van der Waals surface area contributed by atoms with Crippen LogP contribution in [0.25, 0.3) is 0 Å². The first kappa shape index (κ1) is 12.0. The molecule has 0 saturated carbocycles. The zero-order valence-corrected chi connectivity index (χ0v) is 10.6. The van der Waals surface area contributed by atoms with Crippen LogP contribution in [-0.4, -0.2) is 33.3 Å². The van der Waals surface area contributed by atoms with Crippen molar-refractivity contribution in [1.82, 2.24) is 0 Å². The van der Waals surface area contributed by atoms with E-state index in [4.69, 9.17) is 11.6 Å². The van der Waals surface area contributed by atoms with Gasteiger partial charge >= 0.3 is 0 Å². The van der Waals surface area contributed by atoms with Crippen LogP contribution in [0, 0.1) is 6.92 Å². The molecule has 0 aliphatic rings. The second-order valence-corrected chi connectivity index (χ2v) is 4.40. The summed E-state index contributed by atoms with van der Waals surface area (Å²) < 4.78 is 0. The molecule has 0 bridgehead atoms. The van der Waals surface area contributed by atoms with Crippen LogP contribution in [0.2, 0.25) is 5.02 Å². The van der Waals surface area contributed by atoms with Crippen molar-refractivity contribution in [3.05, 3.63) is 16.7 Å². The molecule has 0 amide bonds. The van der Waals surface area contributed by atoms with E-state index >= 15 is 0 Å². The Morgan fingerprint density at radius 2 is 1.67 bits per heavy atom. The molecule has 1 aromatic carbocycles. The molecule has 0 fully saturated rings. The SMILES string of the molecule is Cc1c(Cl)cc(N(C)C)c(O)c1N(C)C. The van der Waals surface area contributed by atoms with Crippen molar-refractivity contribution in [3.63, 3.8) is 0 Å². The maximum Gasteiger partial charge on any atom is 0.162 e. The Morgan fingerprint density at radius 3 is 2.07 bits per heavy atom. The van der Waals surface area contributed by atoms with Crippen LogP contribution in [-0.2, 0) is 0 Å². The van der Waals surface area contributed by atoms with Crippen LogP contribution in [0.15, 0.2) is 6.07 Å². The molecule has 0 aromatic heterocycles. The third-order valence-electron chi connectivity index (χ3n) is 2.37. The van der Waals surface area contributed by atoms with Gasteiger partial charge in [-0.05, 0) is 18.6 Å². The largest absolute Gasteiger partial charge is 0.504 e. The molecule has 1 aromatic rings. The number of anilines is 2. The third-order valence-corrected chi connectivity index (χ3v) is 2.77. The zero-order valence-electron chi connectivity index (χ0n) is 9.80. The topological polar surface area (TPSA) is 26.7 Å². The van der Waals surface area contributed by atoms with E-state index in [1.807, 2.05) is 44.9 Å². The molecule has 0 saturated heterocycles. The second kappa shape index (κ2) is 4.19. The van der Waals surface area contributed by atoms with Crippen LogP contribution in [0.1, 0.15) is 5.56 Å². The highest BCUT2D eigenvalue weighted by Crippen LogP contribution is 2.41. The number of nitrogens with zero attached hydrogens (tertiary/aromatic N) is 2. The summed E-state index contributed by atoms with van der Waals surface area (Å²) in [5, 5.41) is 10.8. The number of aromatic hydroxyl groups is 1. The highest BCUT2D eigenvalue weighted by Gasteiger charge is 2.16. The molecule has 1 rings (SSSR count). The van der Waals surface area contributed by atoms with Gasteiger partial charge in [0.25, 0.3) is 0 Å². The molecule has 0 radical (unpaired) electrons. The van der Waals surface area contributed by atoms with Crippen molar-refractivity contribution >= 4 is 23.0 Å². The molecule has 0 heterocycles. The Kier molecular flexibility index (Phi) is 3.35. The van der Waals surface area contributed by atoms with Gasteiger partial charge in [-0.25, -0.2) is 0 Å². The minimum Gasteiger partial charge on any atom is -0.504 e. The van der Waals surface area contributed by atoms with Gasteiger partial charge in [0.1, 0.15) is 0 Å². The summed E-state index contributed by atoms with van der Waals surface area (Å²) >= 11 is 6.11. The number of rotatable bonds is 2. The van der Waals surface area contributed by atoms with Gasteiger partial charge in [0.2, 0.25) is 0 Å². The summed E-state index contributed by atoms with van der Waals surface area (Å²) in [6.07, 6.45) is 0. The van der Waals surface area contributed by atoms with Crippen molar-refractivity contribution in [3.8, 4) is 5.75 Å². The first-order valence-corrected chi connectivity index (χ1v) is 5.10. The Hall–Kier alpha value is -1.09. The zero-order chi connectivity index (χ0) is 11.7. The van der Waals surface area contributed by atoms with Crippen molar-refractivity contribution in [2.45, 2.75) is 6.92 Å². The number of benzene rings is 1. The standard InChI is InChI=1S/C11H17ClN2O/c1-7-8(12)6-9(13(2)3)11(15)10(7)14(4)5/h6,15H,1-5H3. The van der Waals surface area contributed by atoms with Gasteiger partial charge in [0.15, 0.2) is 5.75 Å². The van der Waals surface area contributed by atoms with Gasteiger partial charge in [0, 0.05) is 33.2 Å². The maximum absolute atomic E-state index is 10.1. The number of hydrogen-bond acceptors (Lipinski definition) is 3. The fraction of sp³-hybridized carbons (Fsp3) is 0.455. The van der Waals surface area contributed by atoms with E-state index in [-0.39, 0.29) is 5.75 Å². The van der Waals surface area contributed by atoms with E-state index in [0.717, 1.165) is 16.9 Å². The first-order chi connectivity index (χ1) is 6.86. The van der Waals surface area contributed by atoms with E-state index in [1.54, 1.807) is 6.07 Å². The van der Waals surface area contributed by atoms with E-state index in [9.17, 15) is 5.11 Å². The molecule has 0 aliphatic carbocycles. The lowest BCUT2D eigenvalue weighted by molar-refractivity contribution is 0.475. The van der Waals surface area contributed by atoms with Crippen molar-refractivity contribution in [1.29, 1.82) is 0 Å². The molecule has 0 unspecified atom stereocenters. The molecule has 4 heteroatoms. The van der Waals surface area contributed by atoms with Gasteiger partial charge in [0.05, 0.1) is 11.4 Å². The van der Waals surface area contributed by atoms with Crippen molar-refractivity contribution < 1.29 is 5.11 Å². The predicted molar refractivity (Wildman–Crippen MR) is 66.5 cm³/mol. The van der Waals surface area contributed by atoms with Gasteiger partial charge in [-0.15, -0.1) is 0 Å². The molecule has 84 valence electrons. The predicted octanol–water partition coefficient (Wildman–Crippen LogP) is 2.49. The lowest BCUT2D eigenvalue weighted by Gasteiger charge is -2.23. The summed E-state index contributed by atoms with van der Waals surface area (Å²) in [6, 6.07) is 1.78. The summed E-state index contributed by atoms with van der Waals surface area (Å²) in [4.78, 5) is 3.71. The fourth-order valence-electron chi connectivity index (χ4n) is 1.60. The van der Waals surface area contributed by atoms with E-state index in [2.05, 4.69) is 0 Å². The normalized spacial score (nSPS) is 10.3. The van der Waals surface area contributed by atoms with Gasteiger partial charge in [-0.3, -0.25) is 0 Å². The van der Waals surface area contributed by atoms with Gasteiger partial charge < -0.3 is 14.9 Å². The lowest BCUT2D eigenvalue weighted by atomic mass is 10.1. The lowest BCUT2D eigenvalue weighted by Crippen LogP contribution is -2.14. The minimum atomic E-state index is 0.270. The smallest absolute Gasteiger partial charge is 0.162 e. The Morgan fingerprint density at radius 1 is 1.13 bits per heavy atom. The van der Waals surface area contributed by atoms with Crippen LogP contribution in [0.5, 0.6) is 5.75 Å². The van der Waals surface area contributed by atoms with E-state index in [0.29, 0.717) is 5.02 Å². The molecule has 15 heavy (non-hydrogen) atoms. The third kappa shape index (κ3) is 2.12. The van der Waals surface area contributed by atoms with Crippen LogP contribution in [0.3, 0.4) is 0 Å². The summed E-state index contributed by atoms with van der Waals surface area (Å²) in [5.74, 6) is 0.270. The number of halogens is 1. The second-order valence-electron chi connectivity index (χ2n) is 3.99. The summed E-state index contributed by atoms with van der Waals surface area (Å²) in [5.41, 5.74) is 2.39.